The van der Waals surface area contributed by atoms with Gasteiger partial charge in [0.1, 0.15) is 0 Å². The summed E-state index contributed by atoms with van der Waals surface area (Å²) in [4.78, 5) is 10.6. The standard InChI is InChI=1S/C13H18N2O2/c1-3-10-11(7-12(10)14)9-5-4-8(2)13(6-9)15(16)17/h4-6,10-12H,3,7,14H2,1-2H3. The maximum absolute atomic E-state index is 10.9. The summed E-state index contributed by atoms with van der Waals surface area (Å²) >= 11 is 0. The average molecular weight is 234 g/mol. The molecule has 2 rings (SSSR count). The topological polar surface area (TPSA) is 69.2 Å². The molecule has 0 spiro atoms. The highest BCUT2D eigenvalue weighted by atomic mass is 16.6. The zero-order chi connectivity index (χ0) is 12.6. The number of benzene rings is 1. The molecule has 1 aromatic carbocycles. The molecule has 1 saturated carbocycles. The Morgan fingerprint density at radius 2 is 2.24 bits per heavy atom. The van der Waals surface area contributed by atoms with Crippen molar-refractivity contribution in [3.63, 3.8) is 0 Å². The number of rotatable bonds is 3. The van der Waals surface area contributed by atoms with E-state index in [2.05, 4.69) is 6.92 Å². The number of nitro groups is 1. The van der Waals surface area contributed by atoms with Crippen LogP contribution in [0.1, 0.15) is 36.8 Å². The molecule has 1 aromatic rings. The first kappa shape index (κ1) is 12.0. The van der Waals surface area contributed by atoms with Crippen molar-refractivity contribution in [2.24, 2.45) is 11.7 Å². The molecule has 3 atom stereocenters. The molecule has 3 unspecified atom stereocenters. The summed E-state index contributed by atoms with van der Waals surface area (Å²) in [5.74, 6) is 0.867. The minimum absolute atomic E-state index is 0.220. The monoisotopic (exact) mass is 234 g/mol. The van der Waals surface area contributed by atoms with Gasteiger partial charge in [-0.1, -0.05) is 25.5 Å². The van der Waals surface area contributed by atoms with E-state index in [1.807, 2.05) is 12.1 Å². The smallest absolute Gasteiger partial charge is 0.272 e. The summed E-state index contributed by atoms with van der Waals surface area (Å²) < 4.78 is 0. The van der Waals surface area contributed by atoms with Crippen LogP contribution >= 0.6 is 0 Å². The van der Waals surface area contributed by atoms with Gasteiger partial charge in [0.15, 0.2) is 0 Å². The van der Waals surface area contributed by atoms with Crippen LogP contribution in [-0.4, -0.2) is 11.0 Å². The Morgan fingerprint density at radius 1 is 1.53 bits per heavy atom. The van der Waals surface area contributed by atoms with Crippen molar-refractivity contribution >= 4 is 5.69 Å². The van der Waals surface area contributed by atoms with E-state index in [1.54, 1.807) is 13.0 Å². The lowest BCUT2D eigenvalue weighted by atomic mass is 9.65. The number of aryl methyl sites for hydroxylation is 1. The van der Waals surface area contributed by atoms with Crippen LogP contribution in [0.15, 0.2) is 18.2 Å². The van der Waals surface area contributed by atoms with Crippen LogP contribution in [0.3, 0.4) is 0 Å². The lowest BCUT2D eigenvalue weighted by Gasteiger charge is -2.42. The van der Waals surface area contributed by atoms with Crippen molar-refractivity contribution in [1.82, 2.24) is 0 Å². The highest BCUT2D eigenvalue weighted by molar-refractivity contribution is 5.44. The van der Waals surface area contributed by atoms with Crippen LogP contribution in [0, 0.1) is 23.0 Å². The van der Waals surface area contributed by atoms with Gasteiger partial charge in [-0.25, -0.2) is 0 Å². The molecular formula is C13H18N2O2. The van der Waals surface area contributed by atoms with Crippen molar-refractivity contribution in [1.29, 1.82) is 0 Å². The van der Waals surface area contributed by atoms with Crippen molar-refractivity contribution in [2.75, 3.05) is 0 Å². The SMILES string of the molecule is CCC1C(N)CC1c1ccc(C)c([N+](=O)[O-])c1. The van der Waals surface area contributed by atoms with Gasteiger partial charge in [-0.15, -0.1) is 0 Å². The fourth-order valence-electron chi connectivity index (χ4n) is 2.77. The average Bonchev–Trinajstić information content (AvgIpc) is 2.27. The molecule has 0 saturated heterocycles. The van der Waals surface area contributed by atoms with Gasteiger partial charge in [0.2, 0.25) is 0 Å². The molecule has 92 valence electrons. The molecule has 0 amide bonds. The lowest BCUT2D eigenvalue weighted by Crippen LogP contribution is -2.45. The summed E-state index contributed by atoms with van der Waals surface area (Å²) in [5, 5.41) is 10.9. The zero-order valence-corrected chi connectivity index (χ0v) is 10.2. The minimum atomic E-state index is -0.307. The van der Waals surface area contributed by atoms with E-state index in [0.717, 1.165) is 24.0 Å². The van der Waals surface area contributed by atoms with E-state index >= 15 is 0 Å². The summed E-state index contributed by atoms with van der Waals surface area (Å²) in [5.41, 5.74) is 7.96. The number of nitrogens with two attached hydrogens (primary N) is 1. The molecule has 0 bridgehead atoms. The van der Waals surface area contributed by atoms with Crippen molar-refractivity contribution < 1.29 is 4.92 Å². The largest absolute Gasteiger partial charge is 0.327 e. The highest BCUT2D eigenvalue weighted by Gasteiger charge is 2.38. The number of nitrogens with zero attached hydrogens (tertiary/aromatic N) is 1. The maximum Gasteiger partial charge on any atom is 0.272 e. The van der Waals surface area contributed by atoms with Gasteiger partial charge in [0.05, 0.1) is 4.92 Å². The van der Waals surface area contributed by atoms with Crippen LogP contribution in [0.4, 0.5) is 5.69 Å². The molecular weight excluding hydrogens is 216 g/mol. The third-order valence-electron chi connectivity index (χ3n) is 3.92. The predicted molar refractivity (Wildman–Crippen MR) is 66.9 cm³/mol. The first-order valence-corrected chi connectivity index (χ1v) is 6.05. The molecule has 2 N–H and O–H groups in total. The Balaban J connectivity index is 2.28. The van der Waals surface area contributed by atoms with E-state index in [1.165, 1.54) is 0 Å². The van der Waals surface area contributed by atoms with Crippen LogP contribution in [-0.2, 0) is 0 Å². The van der Waals surface area contributed by atoms with E-state index in [9.17, 15) is 10.1 Å². The van der Waals surface area contributed by atoms with Gasteiger partial charge >= 0.3 is 0 Å². The van der Waals surface area contributed by atoms with Crippen molar-refractivity contribution in [3.05, 3.63) is 39.4 Å². The first-order chi connectivity index (χ1) is 8.04. The molecule has 1 aliphatic carbocycles. The fourth-order valence-corrected chi connectivity index (χ4v) is 2.77. The number of hydrogen-bond donors (Lipinski definition) is 1. The van der Waals surface area contributed by atoms with Crippen molar-refractivity contribution in [2.45, 2.75) is 38.6 Å². The van der Waals surface area contributed by atoms with E-state index in [4.69, 9.17) is 5.73 Å². The van der Waals surface area contributed by atoms with Crippen molar-refractivity contribution in [3.8, 4) is 0 Å². The molecule has 0 radical (unpaired) electrons. The summed E-state index contributed by atoms with van der Waals surface area (Å²) in [6.07, 6.45) is 1.98. The van der Waals surface area contributed by atoms with Crippen LogP contribution in [0.2, 0.25) is 0 Å². The first-order valence-electron chi connectivity index (χ1n) is 6.05. The Hall–Kier alpha value is -1.42. The maximum atomic E-state index is 10.9. The number of hydrogen-bond acceptors (Lipinski definition) is 3. The third-order valence-corrected chi connectivity index (χ3v) is 3.92. The molecule has 17 heavy (non-hydrogen) atoms. The van der Waals surface area contributed by atoms with Gasteiger partial charge in [-0.2, -0.15) is 0 Å². The van der Waals surface area contributed by atoms with Gasteiger partial charge < -0.3 is 5.73 Å². The summed E-state index contributed by atoms with van der Waals surface area (Å²) in [6, 6.07) is 5.81. The van der Waals surface area contributed by atoms with Gasteiger partial charge in [0, 0.05) is 17.7 Å². The molecule has 0 aromatic heterocycles. The quantitative estimate of drug-likeness (QED) is 0.645. The Labute approximate surface area is 101 Å². The van der Waals surface area contributed by atoms with E-state index in [-0.39, 0.29) is 16.7 Å². The second-order valence-electron chi connectivity index (χ2n) is 4.88. The van der Waals surface area contributed by atoms with Crippen LogP contribution in [0.5, 0.6) is 0 Å². The summed E-state index contributed by atoms with van der Waals surface area (Å²) in [7, 11) is 0. The van der Waals surface area contributed by atoms with Gasteiger partial charge in [-0.3, -0.25) is 10.1 Å². The molecule has 0 aliphatic heterocycles. The van der Waals surface area contributed by atoms with Gasteiger partial charge in [0.25, 0.3) is 5.69 Å². The van der Waals surface area contributed by atoms with Gasteiger partial charge in [-0.05, 0) is 30.7 Å². The Kier molecular flexibility index (Phi) is 3.15. The van der Waals surface area contributed by atoms with E-state index < -0.39 is 0 Å². The summed E-state index contributed by atoms with van der Waals surface area (Å²) in [6.45, 7) is 3.89. The fraction of sp³-hybridized carbons (Fsp3) is 0.538. The van der Waals surface area contributed by atoms with Crippen LogP contribution < -0.4 is 5.73 Å². The zero-order valence-electron chi connectivity index (χ0n) is 10.2. The molecule has 4 nitrogen and oxygen atoms in total. The second kappa shape index (κ2) is 4.45. The van der Waals surface area contributed by atoms with Crippen LogP contribution in [0.25, 0.3) is 0 Å². The Morgan fingerprint density at radius 3 is 2.76 bits per heavy atom. The minimum Gasteiger partial charge on any atom is -0.327 e. The van der Waals surface area contributed by atoms with E-state index in [0.29, 0.717) is 11.8 Å². The molecule has 1 fully saturated rings. The third kappa shape index (κ3) is 2.05. The lowest BCUT2D eigenvalue weighted by molar-refractivity contribution is -0.385. The highest BCUT2D eigenvalue weighted by Crippen LogP contribution is 2.44. The number of nitro benzene ring substituents is 1. The normalized spacial score (nSPS) is 27.6. The molecule has 1 aliphatic rings. The predicted octanol–water partition coefficient (Wildman–Crippen LogP) is 2.74. The molecule has 0 heterocycles. The Bertz CT molecular complexity index is 445. The second-order valence-corrected chi connectivity index (χ2v) is 4.88. The molecule has 4 heteroatoms.